The van der Waals surface area contributed by atoms with Gasteiger partial charge in [-0.1, -0.05) is 31.9 Å². The average Bonchev–Trinajstić information content (AvgIpc) is 2.19. The zero-order valence-corrected chi connectivity index (χ0v) is 14.1. The van der Waals surface area contributed by atoms with Gasteiger partial charge in [-0.05, 0) is 39.8 Å². The summed E-state index contributed by atoms with van der Waals surface area (Å²) in [5.74, 6) is -0.684. The van der Waals surface area contributed by atoms with Crippen molar-refractivity contribution >= 4 is 43.8 Å². The molecule has 0 bridgehead atoms. The summed E-state index contributed by atoms with van der Waals surface area (Å²) in [5.41, 5.74) is 0. The van der Waals surface area contributed by atoms with Crippen LogP contribution in [0.15, 0.2) is 12.2 Å². The van der Waals surface area contributed by atoms with E-state index in [-0.39, 0.29) is 25.2 Å². The second-order valence-electron chi connectivity index (χ2n) is 4.61. The van der Waals surface area contributed by atoms with E-state index in [1.54, 1.807) is 39.8 Å². The molecule has 104 valence electrons. The minimum absolute atomic E-state index is 0.156. The third kappa shape index (κ3) is 7.87. The van der Waals surface area contributed by atoms with Gasteiger partial charge in [-0.2, -0.15) is 0 Å². The Kier molecular flexibility index (Phi) is 7.14. The Balaban J connectivity index is 3.81. The minimum atomic E-state index is -0.687. The zero-order chi connectivity index (χ0) is 14.4. The van der Waals surface area contributed by atoms with E-state index in [9.17, 15) is 9.59 Å². The molecule has 0 N–H and O–H groups in total. The van der Waals surface area contributed by atoms with Crippen LogP contribution in [-0.4, -0.2) is 33.8 Å². The lowest BCUT2D eigenvalue weighted by atomic mass is 10.2. The molecule has 0 aliphatic rings. The first-order valence-electron chi connectivity index (χ1n) is 5.42. The Hall–Kier alpha value is -0.360. The van der Waals surface area contributed by atoms with Gasteiger partial charge < -0.3 is 9.47 Å². The fourth-order valence-corrected chi connectivity index (χ4v) is 0.956. The monoisotopic (exact) mass is 384 g/mol. The molecule has 0 fully saturated rings. The quantitative estimate of drug-likeness (QED) is 0.400. The van der Waals surface area contributed by atoms with E-state index in [0.717, 1.165) is 0 Å². The van der Waals surface area contributed by atoms with Crippen LogP contribution < -0.4 is 0 Å². The zero-order valence-electron chi connectivity index (χ0n) is 11.0. The maximum absolute atomic E-state index is 11.3. The topological polar surface area (TPSA) is 52.6 Å². The highest BCUT2D eigenvalue weighted by molar-refractivity contribution is 9.10. The number of carbonyl (C=O) groups is 2. The van der Waals surface area contributed by atoms with Crippen LogP contribution in [0.1, 0.15) is 27.7 Å². The van der Waals surface area contributed by atoms with Crippen LogP contribution in [0.2, 0.25) is 0 Å². The highest BCUT2D eigenvalue weighted by Crippen LogP contribution is 2.18. The van der Waals surface area contributed by atoms with Gasteiger partial charge in [-0.3, -0.25) is 9.59 Å². The summed E-state index contributed by atoms with van der Waals surface area (Å²) in [6.45, 7) is 7.14. The second-order valence-corrected chi connectivity index (χ2v) is 8.58. The molecule has 0 unspecified atom stereocenters. The molecule has 0 rings (SSSR count). The van der Waals surface area contributed by atoms with Crippen molar-refractivity contribution in [3.8, 4) is 0 Å². The number of ether oxygens (including phenoxy) is 2. The van der Waals surface area contributed by atoms with Crippen LogP contribution in [0.3, 0.4) is 0 Å². The normalized spacial score (nSPS) is 12.6. The molecule has 0 radical (unpaired) electrons. The van der Waals surface area contributed by atoms with Gasteiger partial charge in [0.2, 0.25) is 0 Å². The Labute approximate surface area is 124 Å². The number of carbonyl (C=O) groups excluding carboxylic acids is 2. The highest BCUT2D eigenvalue weighted by Gasteiger charge is 2.25. The number of rotatable bonds is 6. The van der Waals surface area contributed by atoms with Gasteiger partial charge >= 0.3 is 11.9 Å². The van der Waals surface area contributed by atoms with Gasteiger partial charge in [0, 0.05) is 0 Å². The van der Waals surface area contributed by atoms with Crippen molar-refractivity contribution in [2.24, 2.45) is 0 Å². The van der Waals surface area contributed by atoms with Crippen molar-refractivity contribution in [2.75, 3.05) is 13.2 Å². The van der Waals surface area contributed by atoms with Gasteiger partial charge in [0.1, 0.15) is 21.9 Å². The molecule has 0 aliphatic carbocycles. The summed E-state index contributed by atoms with van der Waals surface area (Å²) in [6, 6.07) is 0. The fourth-order valence-electron chi connectivity index (χ4n) is 0.727. The second kappa shape index (κ2) is 7.28. The SMILES string of the molecule is CC(C)(Br)C(=O)OC/C=C\COC(=O)C(C)(C)Br. The summed E-state index contributed by atoms with van der Waals surface area (Å²) in [4.78, 5) is 22.7. The van der Waals surface area contributed by atoms with E-state index in [1.807, 2.05) is 0 Å². The molecule has 0 heterocycles. The molecule has 0 aromatic heterocycles. The molecule has 0 aliphatic heterocycles. The largest absolute Gasteiger partial charge is 0.460 e. The van der Waals surface area contributed by atoms with Gasteiger partial charge in [0.25, 0.3) is 0 Å². The Morgan fingerprint density at radius 2 is 1.17 bits per heavy atom. The van der Waals surface area contributed by atoms with Crippen molar-refractivity contribution in [2.45, 2.75) is 36.3 Å². The predicted molar refractivity (Wildman–Crippen MR) is 77.1 cm³/mol. The van der Waals surface area contributed by atoms with E-state index in [1.165, 1.54) is 0 Å². The summed E-state index contributed by atoms with van der Waals surface area (Å²) in [5, 5.41) is 0. The van der Waals surface area contributed by atoms with E-state index in [4.69, 9.17) is 9.47 Å². The molecule has 6 heteroatoms. The van der Waals surface area contributed by atoms with Crippen molar-refractivity contribution < 1.29 is 19.1 Å². The van der Waals surface area contributed by atoms with Gasteiger partial charge in [-0.25, -0.2) is 0 Å². The third-order valence-corrected chi connectivity index (χ3v) is 2.41. The molecule has 0 saturated heterocycles. The average molecular weight is 386 g/mol. The first kappa shape index (κ1) is 17.6. The molecule has 0 atom stereocenters. The molecular formula is C12H18Br2O4. The summed E-state index contributed by atoms with van der Waals surface area (Å²) in [7, 11) is 0. The van der Waals surface area contributed by atoms with Crippen LogP contribution in [0, 0.1) is 0 Å². The molecule has 0 spiro atoms. The fraction of sp³-hybridized carbons (Fsp3) is 0.667. The lowest BCUT2D eigenvalue weighted by molar-refractivity contribution is -0.145. The number of alkyl halides is 2. The van der Waals surface area contributed by atoms with Crippen LogP contribution in [-0.2, 0) is 19.1 Å². The predicted octanol–water partition coefficient (Wildman–Crippen LogP) is 2.98. The Bertz CT molecular complexity index is 292. The Morgan fingerprint density at radius 1 is 0.889 bits per heavy atom. The summed E-state index contributed by atoms with van der Waals surface area (Å²) in [6.07, 6.45) is 3.26. The molecule has 4 nitrogen and oxygen atoms in total. The molecule has 0 amide bonds. The standard InChI is InChI=1S/C12H18Br2O4/c1-11(2,13)9(15)17-7-5-6-8-18-10(16)12(3,4)14/h5-6H,7-8H2,1-4H3/b6-5-. The van der Waals surface area contributed by atoms with Crippen molar-refractivity contribution in [1.82, 2.24) is 0 Å². The maximum atomic E-state index is 11.3. The maximum Gasteiger partial charge on any atom is 0.322 e. The van der Waals surface area contributed by atoms with Crippen LogP contribution >= 0.6 is 31.9 Å². The first-order chi connectivity index (χ1) is 8.05. The van der Waals surface area contributed by atoms with Crippen molar-refractivity contribution in [3.63, 3.8) is 0 Å². The van der Waals surface area contributed by atoms with Gasteiger partial charge in [0.05, 0.1) is 0 Å². The number of halogens is 2. The number of esters is 2. The molecule has 0 aromatic carbocycles. The van der Waals surface area contributed by atoms with Gasteiger partial charge in [-0.15, -0.1) is 0 Å². The lowest BCUT2D eigenvalue weighted by Gasteiger charge is -2.14. The van der Waals surface area contributed by atoms with Crippen molar-refractivity contribution in [3.05, 3.63) is 12.2 Å². The van der Waals surface area contributed by atoms with E-state index in [0.29, 0.717) is 0 Å². The molecule has 0 aromatic rings. The van der Waals surface area contributed by atoms with Crippen molar-refractivity contribution in [1.29, 1.82) is 0 Å². The van der Waals surface area contributed by atoms with Gasteiger partial charge in [0.15, 0.2) is 0 Å². The molecule has 0 saturated carbocycles. The summed E-state index contributed by atoms with van der Waals surface area (Å²) < 4.78 is 8.54. The summed E-state index contributed by atoms with van der Waals surface area (Å²) >= 11 is 6.39. The van der Waals surface area contributed by atoms with E-state index >= 15 is 0 Å². The van der Waals surface area contributed by atoms with E-state index in [2.05, 4.69) is 31.9 Å². The molecular weight excluding hydrogens is 368 g/mol. The third-order valence-electron chi connectivity index (χ3n) is 1.76. The molecule has 18 heavy (non-hydrogen) atoms. The smallest absolute Gasteiger partial charge is 0.322 e. The lowest BCUT2D eigenvalue weighted by Crippen LogP contribution is -2.27. The minimum Gasteiger partial charge on any atom is -0.460 e. The number of hydrogen-bond donors (Lipinski definition) is 0. The number of hydrogen-bond acceptors (Lipinski definition) is 4. The first-order valence-corrected chi connectivity index (χ1v) is 7.01. The van der Waals surface area contributed by atoms with Crippen LogP contribution in [0.4, 0.5) is 0 Å². The Morgan fingerprint density at radius 3 is 1.39 bits per heavy atom. The van der Waals surface area contributed by atoms with Crippen LogP contribution in [0.5, 0.6) is 0 Å². The van der Waals surface area contributed by atoms with Crippen LogP contribution in [0.25, 0.3) is 0 Å². The van der Waals surface area contributed by atoms with E-state index < -0.39 is 8.65 Å². The highest BCUT2D eigenvalue weighted by atomic mass is 79.9.